The van der Waals surface area contributed by atoms with Crippen molar-refractivity contribution in [1.29, 1.82) is 0 Å². The van der Waals surface area contributed by atoms with E-state index < -0.39 is 0 Å². The van der Waals surface area contributed by atoms with E-state index in [0.29, 0.717) is 12.2 Å². The summed E-state index contributed by atoms with van der Waals surface area (Å²) >= 11 is 0. The number of fused-ring (bicyclic) bond motifs is 1. The van der Waals surface area contributed by atoms with Gasteiger partial charge in [-0.1, -0.05) is 24.3 Å². The highest BCUT2D eigenvalue weighted by molar-refractivity contribution is 5.94. The number of pyridine rings is 1. The highest BCUT2D eigenvalue weighted by Gasteiger charge is 2.05. The Labute approximate surface area is 128 Å². The van der Waals surface area contributed by atoms with E-state index in [4.69, 9.17) is 4.74 Å². The highest BCUT2D eigenvalue weighted by atomic mass is 16.5. The molecule has 2 aromatic carbocycles. The van der Waals surface area contributed by atoms with Crippen molar-refractivity contribution in [2.75, 3.05) is 7.05 Å². The number of nitrogens with one attached hydrogen (secondary N) is 1. The largest absolute Gasteiger partial charge is 0.488 e. The quantitative estimate of drug-likeness (QED) is 0.803. The molecule has 1 N–H and O–H groups in total. The van der Waals surface area contributed by atoms with Crippen molar-refractivity contribution in [2.45, 2.75) is 6.61 Å². The van der Waals surface area contributed by atoms with Gasteiger partial charge in [0.15, 0.2) is 0 Å². The van der Waals surface area contributed by atoms with Crippen LogP contribution in [0.15, 0.2) is 60.9 Å². The average Bonchev–Trinajstić information content (AvgIpc) is 2.59. The van der Waals surface area contributed by atoms with Crippen molar-refractivity contribution in [2.24, 2.45) is 0 Å². The van der Waals surface area contributed by atoms with Gasteiger partial charge in [-0.25, -0.2) is 0 Å². The van der Waals surface area contributed by atoms with Crippen LogP contribution < -0.4 is 10.1 Å². The number of ether oxygens (including phenoxy) is 1. The number of amides is 1. The second-order valence-corrected chi connectivity index (χ2v) is 4.92. The van der Waals surface area contributed by atoms with Crippen LogP contribution in [0.2, 0.25) is 0 Å². The van der Waals surface area contributed by atoms with Gasteiger partial charge in [0.05, 0.1) is 0 Å². The highest BCUT2D eigenvalue weighted by Crippen LogP contribution is 2.25. The first-order chi connectivity index (χ1) is 10.8. The molecule has 0 aliphatic carbocycles. The lowest BCUT2D eigenvalue weighted by atomic mass is 10.1. The molecule has 1 amide bonds. The van der Waals surface area contributed by atoms with Crippen LogP contribution >= 0.6 is 0 Å². The Hall–Kier alpha value is -2.88. The number of rotatable bonds is 4. The monoisotopic (exact) mass is 292 g/mol. The number of aromatic nitrogens is 1. The molecular formula is C18H16N2O2. The summed E-state index contributed by atoms with van der Waals surface area (Å²) in [5.74, 6) is 0.711. The molecule has 4 heteroatoms. The number of benzene rings is 2. The first-order valence-electron chi connectivity index (χ1n) is 7.04. The predicted octanol–water partition coefficient (Wildman–Crippen LogP) is 3.17. The Morgan fingerprint density at radius 1 is 1.18 bits per heavy atom. The van der Waals surface area contributed by atoms with Gasteiger partial charge in [-0.05, 0) is 29.8 Å². The second kappa shape index (κ2) is 6.26. The van der Waals surface area contributed by atoms with Crippen molar-refractivity contribution >= 4 is 16.7 Å². The summed E-state index contributed by atoms with van der Waals surface area (Å²) < 4.78 is 5.91. The van der Waals surface area contributed by atoms with Crippen molar-refractivity contribution in [3.63, 3.8) is 0 Å². The van der Waals surface area contributed by atoms with Gasteiger partial charge in [-0.3, -0.25) is 9.78 Å². The summed E-state index contributed by atoms with van der Waals surface area (Å²) in [6, 6.07) is 15.2. The minimum absolute atomic E-state index is 0.0990. The Balaban J connectivity index is 1.81. The summed E-state index contributed by atoms with van der Waals surface area (Å²) in [4.78, 5) is 15.8. The molecule has 0 aliphatic heterocycles. The molecule has 0 saturated heterocycles. The molecule has 3 aromatic rings. The maximum atomic E-state index is 11.7. The van der Waals surface area contributed by atoms with Crippen LogP contribution in [0, 0.1) is 0 Å². The molecule has 0 spiro atoms. The van der Waals surface area contributed by atoms with Crippen molar-refractivity contribution in [3.8, 4) is 5.75 Å². The topological polar surface area (TPSA) is 51.2 Å². The average molecular weight is 292 g/mol. The molecule has 4 nitrogen and oxygen atoms in total. The summed E-state index contributed by atoms with van der Waals surface area (Å²) in [6.45, 7) is 0.409. The molecule has 0 aliphatic rings. The van der Waals surface area contributed by atoms with Gasteiger partial charge in [-0.2, -0.15) is 0 Å². The van der Waals surface area contributed by atoms with Crippen LogP contribution in [0.25, 0.3) is 10.8 Å². The van der Waals surface area contributed by atoms with Crippen LogP contribution in [-0.4, -0.2) is 17.9 Å². The van der Waals surface area contributed by atoms with Crippen molar-refractivity contribution in [3.05, 3.63) is 72.1 Å². The molecule has 0 unspecified atom stereocenters. The number of carbonyl (C=O) groups excluding carboxylic acids is 1. The molecule has 3 rings (SSSR count). The van der Waals surface area contributed by atoms with Gasteiger partial charge in [0.1, 0.15) is 12.4 Å². The normalized spacial score (nSPS) is 10.4. The number of carbonyl (C=O) groups is 1. The van der Waals surface area contributed by atoms with E-state index in [1.807, 2.05) is 48.7 Å². The zero-order chi connectivity index (χ0) is 15.4. The summed E-state index contributed by atoms with van der Waals surface area (Å²) in [6.07, 6.45) is 3.57. The molecule has 22 heavy (non-hydrogen) atoms. The molecule has 1 heterocycles. The molecule has 0 radical (unpaired) electrons. The summed E-state index contributed by atoms with van der Waals surface area (Å²) in [5.41, 5.74) is 1.58. The molecule has 0 bridgehead atoms. The number of hydrogen-bond donors (Lipinski definition) is 1. The van der Waals surface area contributed by atoms with Crippen LogP contribution in [-0.2, 0) is 6.61 Å². The third kappa shape index (κ3) is 2.91. The van der Waals surface area contributed by atoms with Gasteiger partial charge < -0.3 is 10.1 Å². The van der Waals surface area contributed by atoms with E-state index in [0.717, 1.165) is 22.1 Å². The second-order valence-electron chi connectivity index (χ2n) is 4.92. The number of hydrogen-bond acceptors (Lipinski definition) is 3. The lowest BCUT2D eigenvalue weighted by Crippen LogP contribution is -2.17. The molecule has 0 fully saturated rings. The predicted molar refractivity (Wildman–Crippen MR) is 85.9 cm³/mol. The van der Waals surface area contributed by atoms with Crippen molar-refractivity contribution in [1.82, 2.24) is 10.3 Å². The van der Waals surface area contributed by atoms with E-state index in [1.165, 1.54) is 0 Å². The number of nitrogens with zero attached hydrogens (tertiary/aromatic N) is 1. The van der Waals surface area contributed by atoms with E-state index >= 15 is 0 Å². The fourth-order valence-electron chi connectivity index (χ4n) is 2.33. The smallest absolute Gasteiger partial charge is 0.251 e. The molecule has 110 valence electrons. The maximum absolute atomic E-state index is 11.7. The molecule has 0 atom stereocenters. The Bertz CT molecular complexity index is 810. The van der Waals surface area contributed by atoms with E-state index in [-0.39, 0.29) is 5.91 Å². The SMILES string of the molecule is CNC(=O)c1cccc(COc2cccc3cnccc23)c1. The third-order valence-electron chi connectivity index (χ3n) is 3.45. The molecular weight excluding hydrogens is 276 g/mol. The first-order valence-corrected chi connectivity index (χ1v) is 7.04. The maximum Gasteiger partial charge on any atom is 0.251 e. The zero-order valence-electron chi connectivity index (χ0n) is 12.2. The first kappa shape index (κ1) is 14.1. The van der Waals surface area contributed by atoms with Gasteiger partial charge in [-0.15, -0.1) is 0 Å². The fourth-order valence-corrected chi connectivity index (χ4v) is 2.33. The Morgan fingerprint density at radius 3 is 2.91 bits per heavy atom. The van der Waals surface area contributed by atoms with E-state index in [9.17, 15) is 4.79 Å². The third-order valence-corrected chi connectivity index (χ3v) is 3.45. The lowest BCUT2D eigenvalue weighted by Gasteiger charge is -2.10. The van der Waals surface area contributed by atoms with Gasteiger partial charge >= 0.3 is 0 Å². The van der Waals surface area contributed by atoms with Crippen molar-refractivity contribution < 1.29 is 9.53 Å². The van der Waals surface area contributed by atoms with Gasteiger partial charge in [0.25, 0.3) is 5.91 Å². The lowest BCUT2D eigenvalue weighted by molar-refractivity contribution is 0.0963. The summed E-state index contributed by atoms with van der Waals surface area (Å²) in [7, 11) is 1.62. The molecule has 1 aromatic heterocycles. The van der Waals surface area contributed by atoms with Crippen LogP contribution in [0.3, 0.4) is 0 Å². The van der Waals surface area contributed by atoms with Crippen LogP contribution in [0.4, 0.5) is 0 Å². The van der Waals surface area contributed by atoms with Crippen LogP contribution in [0.1, 0.15) is 15.9 Å². The Morgan fingerprint density at radius 2 is 2.05 bits per heavy atom. The van der Waals surface area contributed by atoms with Gasteiger partial charge in [0.2, 0.25) is 0 Å². The minimum atomic E-state index is -0.0990. The molecule has 0 saturated carbocycles. The minimum Gasteiger partial charge on any atom is -0.488 e. The van der Waals surface area contributed by atoms with E-state index in [2.05, 4.69) is 10.3 Å². The summed E-state index contributed by atoms with van der Waals surface area (Å²) in [5, 5.41) is 4.69. The van der Waals surface area contributed by atoms with E-state index in [1.54, 1.807) is 19.3 Å². The standard InChI is InChI=1S/C18H16N2O2/c1-19-18(21)14-5-2-4-13(10-14)12-22-17-7-3-6-15-11-20-9-8-16(15)17/h2-11H,12H2,1H3,(H,19,21). The fraction of sp³-hybridized carbons (Fsp3) is 0.111. The van der Waals surface area contributed by atoms with Gasteiger partial charge in [0, 0.05) is 35.8 Å². The van der Waals surface area contributed by atoms with Crippen LogP contribution in [0.5, 0.6) is 5.75 Å². The zero-order valence-corrected chi connectivity index (χ0v) is 12.2. The Kier molecular flexibility index (Phi) is 4.01.